The maximum atomic E-state index is 11.3. The second-order valence-electron chi connectivity index (χ2n) is 4.39. The Labute approximate surface area is 109 Å². The zero-order valence-corrected chi connectivity index (χ0v) is 10.7. The van der Waals surface area contributed by atoms with Crippen molar-refractivity contribution in [3.8, 4) is 0 Å². The van der Waals surface area contributed by atoms with E-state index in [2.05, 4.69) is 5.32 Å². The SMILES string of the molecule is Cn1c(=O)oc2cc(NCCCCC(=O)O)ccc21. The predicted octanol–water partition coefficient (Wildman–Crippen LogP) is 1.80. The lowest BCUT2D eigenvalue weighted by Gasteiger charge is -2.05. The van der Waals surface area contributed by atoms with Gasteiger partial charge in [0, 0.05) is 31.8 Å². The zero-order chi connectivity index (χ0) is 13.8. The Balaban J connectivity index is 1.94. The number of benzene rings is 1. The highest BCUT2D eigenvalue weighted by Crippen LogP contribution is 2.17. The summed E-state index contributed by atoms with van der Waals surface area (Å²) >= 11 is 0. The molecule has 1 aromatic heterocycles. The highest BCUT2D eigenvalue weighted by molar-refractivity contribution is 5.77. The van der Waals surface area contributed by atoms with Crippen LogP contribution in [0.3, 0.4) is 0 Å². The summed E-state index contributed by atoms with van der Waals surface area (Å²) in [5, 5.41) is 11.7. The van der Waals surface area contributed by atoms with Crippen LogP contribution in [0.1, 0.15) is 19.3 Å². The minimum Gasteiger partial charge on any atom is -0.481 e. The number of nitrogens with one attached hydrogen (secondary N) is 1. The van der Waals surface area contributed by atoms with Crippen LogP contribution in [0, 0.1) is 0 Å². The molecule has 0 aliphatic carbocycles. The lowest BCUT2D eigenvalue weighted by atomic mass is 10.2. The number of fused-ring (bicyclic) bond motifs is 1. The van der Waals surface area contributed by atoms with Crippen LogP contribution in [-0.4, -0.2) is 22.2 Å². The zero-order valence-electron chi connectivity index (χ0n) is 10.7. The molecule has 0 saturated carbocycles. The number of anilines is 1. The molecule has 0 aliphatic rings. The topological polar surface area (TPSA) is 84.5 Å². The molecular weight excluding hydrogens is 248 g/mol. The van der Waals surface area contributed by atoms with Gasteiger partial charge in [0.1, 0.15) is 0 Å². The van der Waals surface area contributed by atoms with Crippen molar-refractivity contribution in [3.05, 3.63) is 28.7 Å². The number of hydrogen-bond donors (Lipinski definition) is 2. The van der Waals surface area contributed by atoms with Crippen LogP contribution >= 0.6 is 0 Å². The molecular formula is C13H16N2O4. The van der Waals surface area contributed by atoms with Crippen LogP contribution in [0.4, 0.5) is 5.69 Å². The first-order chi connectivity index (χ1) is 9.08. The summed E-state index contributed by atoms with van der Waals surface area (Å²) < 4.78 is 6.54. The van der Waals surface area contributed by atoms with E-state index in [4.69, 9.17) is 9.52 Å². The quantitative estimate of drug-likeness (QED) is 0.777. The summed E-state index contributed by atoms with van der Waals surface area (Å²) in [6.45, 7) is 0.690. The summed E-state index contributed by atoms with van der Waals surface area (Å²) in [5.74, 6) is -1.15. The molecule has 0 bridgehead atoms. The van der Waals surface area contributed by atoms with Gasteiger partial charge in [-0.3, -0.25) is 9.36 Å². The maximum absolute atomic E-state index is 11.3. The number of carboxylic acid groups (broad SMARTS) is 1. The molecule has 0 radical (unpaired) electrons. The molecule has 19 heavy (non-hydrogen) atoms. The van der Waals surface area contributed by atoms with Crippen LogP contribution in [0.5, 0.6) is 0 Å². The van der Waals surface area contributed by atoms with Gasteiger partial charge in [-0.2, -0.15) is 0 Å². The molecule has 0 fully saturated rings. The number of aliphatic carboxylic acids is 1. The largest absolute Gasteiger partial charge is 0.481 e. The van der Waals surface area contributed by atoms with E-state index in [1.807, 2.05) is 12.1 Å². The lowest BCUT2D eigenvalue weighted by Crippen LogP contribution is -2.08. The summed E-state index contributed by atoms with van der Waals surface area (Å²) in [4.78, 5) is 21.7. The summed E-state index contributed by atoms with van der Waals surface area (Å²) in [5.41, 5.74) is 2.15. The van der Waals surface area contributed by atoms with Crippen molar-refractivity contribution in [2.45, 2.75) is 19.3 Å². The fourth-order valence-electron chi connectivity index (χ4n) is 1.88. The van der Waals surface area contributed by atoms with E-state index in [-0.39, 0.29) is 12.2 Å². The van der Waals surface area contributed by atoms with Crippen molar-refractivity contribution in [3.63, 3.8) is 0 Å². The lowest BCUT2D eigenvalue weighted by molar-refractivity contribution is -0.137. The fourth-order valence-corrected chi connectivity index (χ4v) is 1.88. The second kappa shape index (κ2) is 5.60. The number of nitrogens with zero attached hydrogens (tertiary/aromatic N) is 1. The predicted molar refractivity (Wildman–Crippen MR) is 71.4 cm³/mol. The van der Waals surface area contributed by atoms with Gasteiger partial charge in [-0.15, -0.1) is 0 Å². The van der Waals surface area contributed by atoms with Crippen LogP contribution in [-0.2, 0) is 11.8 Å². The first-order valence-corrected chi connectivity index (χ1v) is 6.13. The van der Waals surface area contributed by atoms with Gasteiger partial charge >= 0.3 is 11.7 Å². The van der Waals surface area contributed by atoms with E-state index in [0.717, 1.165) is 17.6 Å². The summed E-state index contributed by atoms with van der Waals surface area (Å²) in [6.07, 6.45) is 1.61. The van der Waals surface area contributed by atoms with Crippen molar-refractivity contribution in [1.82, 2.24) is 4.57 Å². The molecule has 6 nitrogen and oxygen atoms in total. The van der Waals surface area contributed by atoms with Gasteiger partial charge < -0.3 is 14.8 Å². The molecule has 0 spiro atoms. The number of oxazole rings is 1. The Morgan fingerprint density at radius 2 is 2.21 bits per heavy atom. The number of unbranched alkanes of at least 4 members (excludes halogenated alkanes) is 1. The fraction of sp³-hybridized carbons (Fsp3) is 0.385. The van der Waals surface area contributed by atoms with Crippen molar-refractivity contribution in [1.29, 1.82) is 0 Å². The van der Waals surface area contributed by atoms with E-state index in [9.17, 15) is 9.59 Å². The molecule has 0 aliphatic heterocycles. The smallest absolute Gasteiger partial charge is 0.419 e. The van der Waals surface area contributed by atoms with E-state index in [1.54, 1.807) is 13.1 Å². The van der Waals surface area contributed by atoms with Gasteiger partial charge in [0.2, 0.25) is 0 Å². The van der Waals surface area contributed by atoms with Crippen molar-refractivity contribution >= 4 is 22.8 Å². The van der Waals surface area contributed by atoms with Crippen LogP contribution < -0.4 is 11.1 Å². The van der Waals surface area contributed by atoms with Crippen molar-refractivity contribution in [2.75, 3.05) is 11.9 Å². The molecule has 2 aromatic rings. The minimum atomic E-state index is -0.771. The van der Waals surface area contributed by atoms with Crippen LogP contribution in [0.2, 0.25) is 0 Å². The van der Waals surface area contributed by atoms with Gasteiger partial charge in [0.15, 0.2) is 5.58 Å². The molecule has 0 unspecified atom stereocenters. The Morgan fingerprint density at radius 1 is 1.42 bits per heavy atom. The number of aryl methyl sites for hydroxylation is 1. The molecule has 102 valence electrons. The molecule has 1 heterocycles. The van der Waals surface area contributed by atoms with E-state index in [0.29, 0.717) is 18.5 Å². The minimum absolute atomic E-state index is 0.189. The molecule has 0 atom stereocenters. The monoisotopic (exact) mass is 264 g/mol. The highest BCUT2D eigenvalue weighted by atomic mass is 16.4. The van der Waals surface area contributed by atoms with Crippen molar-refractivity contribution in [2.24, 2.45) is 7.05 Å². The normalized spacial score (nSPS) is 10.8. The molecule has 0 amide bonds. The number of rotatable bonds is 6. The van der Waals surface area contributed by atoms with Gasteiger partial charge in [-0.25, -0.2) is 4.79 Å². The standard InChI is InChI=1S/C13H16N2O4/c1-15-10-6-5-9(8-11(10)19-13(15)18)14-7-3-2-4-12(16)17/h5-6,8,14H,2-4,7H2,1H3,(H,16,17). The third-order valence-electron chi connectivity index (χ3n) is 2.94. The Morgan fingerprint density at radius 3 is 2.95 bits per heavy atom. The third kappa shape index (κ3) is 3.15. The highest BCUT2D eigenvalue weighted by Gasteiger charge is 2.05. The summed E-state index contributed by atoms with van der Waals surface area (Å²) in [6, 6.07) is 5.46. The molecule has 1 aromatic carbocycles. The first-order valence-electron chi connectivity index (χ1n) is 6.13. The average molecular weight is 264 g/mol. The van der Waals surface area contributed by atoms with E-state index in [1.165, 1.54) is 4.57 Å². The first kappa shape index (κ1) is 13.2. The third-order valence-corrected chi connectivity index (χ3v) is 2.94. The van der Waals surface area contributed by atoms with Gasteiger partial charge in [0.25, 0.3) is 0 Å². The van der Waals surface area contributed by atoms with Crippen molar-refractivity contribution < 1.29 is 14.3 Å². The molecule has 0 saturated heterocycles. The Bertz CT molecular complexity index is 642. The molecule has 6 heteroatoms. The van der Waals surface area contributed by atoms with Crippen LogP contribution in [0.25, 0.3) is 11.1 Å². The number of carboxylic acids is 1. The molecule has 2 N–H and O–H groups in total. The Hall–Kier alpha value is -2.24. The number of carbonyl (C=O) groups is 1. The second-order valence-corrected chi connectivity index (χ2v) is 4.39. The van der Waals surface area contributed by atoms with Gasteiger partial charge in [0.05, 0.1) is 5.52 Å². The summed E-state index contributed by atoms with van der Waals surface area (Å²) in [7, 11) is 1.66. The van der Waals surface area contributed by atoms with Crippen LogP contribution in [0.15, 0.2) is 27.4 Å². The Kier molecular flexibility index (Phi) is 3.89. The number of hydrogen-bond acceptors (Lipinski definition) is 4. The van der Waals surface area contributed by atoms with E-state index < -0.39 is 5.97 Å². The molecule has 2 rings (SSSR count). The maximum Gasteiger partial charge on any atom is 0.419 e. The average Bonchev–Trinajstić information content (AvgIpc) is 2.64. The van der Waals surface area contributed by atoms with Gasteiger partial charge in [-0.1, -0.05) is 0 Å². The number of aromatic nitrogens is 1. The van der Waals surface area contributed by atoms with E-state index >= 15 is 0 Å². The van der Waals surface area contributed by atoms with Gasteiger partial charge in [-0.05, 0) is 25.0 Å².